The number of hydrogen-bond acceptors (Lipinski definition) is 6. The van der Waals surface area contributed by atoms with Gasteiger partial charge in [0.15, 0.2) is 18.1 Å². The second-order valence-electron chi connectivity index (χ2n) is 5.58. The molecule has 8 nitrogen and oxygen atoms in total. The van der Waals surface area contributed by atoms with Crippen LogP contribution in [0.3, 0.4) is 0 Å². The Morgan fingerprint density at radius 3 is 2.46 bits per heavy atom. The Morgan fingerprint density at radius 2 is 1.79 bits per heavy atom. The molecule has 0 atom stereocenters. The van der Waals surface area contributed by atoms with E-state index in [0.717, 1.165) is 0 Å². The molecule has 0 heterocycles. The van der Waals surface area contributed by atoms with Crippen molar-refractivity contribution in [1.29, 1.82) is 0 Å². The summed E-state index contributed by atoms with van der Waals surface area (Å²) in [5.41, 5.74) is 1.05. The van der Waals surface area contributed by atoms with Crippen LogP contribution in [0.25, 0.3) is 0 Å². The third-order valence-electron chi connectivity index (χ3n) is 3.67. The zero-order valence-electron chi connectivity index (χ0n) is 15.9. The van der Waals surface area contributed by atoms with Crippen molar-refractivity contribution in [2.45, 2.75) is 6.92 Å². The fourth-order valence-electron chi connectivity index (χ4n) is 2.36. The molecule has 2 aromatic rings. The number of nitrogens with one attached hydrogen (secondary N) is 2. The fourth-order valence-corrected chi connectivity index (χ4v) is 2.36. The lowest BCUT2D eigenvalue weighted by molar-refractivity contribution is -0.119. The first-order chi connectivity index (χ1) is 13.5. The van der Waals surface area contributed by atoms with E-state index in [4.69, 9.17) is 14.2 Å². The Bertz CT molecular complexity index is 866. The van der Waals surface area contributed by atoms with Crippen molar-refractivity contribution >= 4 is 23.5 Å². The van der Waals surface area contributed by atoms with Gasteiger partial charge in [-0.15, -0.1) is 0 Å². The average Bonchev–Trinajstić information content (AvgIpc) is 2.72. The highest BCUT2D eigenvalue weighted by molar-refractivity contribution is 5.98. The Balaban J connectivity index is 1.95. The maximum atomic E-state index is 12.2. The van der Waals surface area contributed by atoms with E-state index in [1.54, 1.807) is 24.3 Å². The molecule has 0 saturated heterocycles. The predicted octanol–water partition coefficient (Wildman–Crippen LogP) is 2.25. The van der Waals surface area contributed by atoms with E-state index in [9.17, 15) is 14.4 Å². The quantitative estimate of drug-likeness (QED) is 0.675. The Labute approximate surface area is 162 Å². The molecule has 0 aliphatic rings. The first-order valence-corrected chi connectivity index (χ1v) is 8.58. The topological polar surface area (TPSA) is 103 Å². The zero-order valence-corrected chi connectivity index (χ0v) is 15.9. The van der Waals surface area contributed by atoms with Gasteiger partial charge in [0.25, 0.3) is 11.8 Å². The SMILES string of the molecule is CCOc1ccc(C(=O)OCC(=O)Nc2cccc(C(=O)NC)c2)cc1OC. The van der Waals surface area contributed by atoms with E-state index in [-0.39, 0.29) is 11.5 Å². The van der Waals surface area contributed by atoms with Gasteiger partial charge in [0.2, 0.25) is 0 Å². The van der Waals surface area contributed by atoms with Crippen LogP contribution in [0.4, 0.5) is 5.69 Å². The lowest BCUT2D eigenvalue weighted by atomic mass is 10.2. The molecule has 0 aliphatic heterocycles. The number of rotatable bonds is 8. The summed E-state index contributed by atoms with van der Waals surface area (Å²) in [5.74, 6) is -0.565. The minimum atomic E-state index is -0.671. The molecule has 8 heteroatoms. The first kappa shape index (κ1) is 20.8. The van der Waals surface area contributed by atoms with Gasteiger partial charge in [0.05, 0.1) is 19.3 Å². The van der Waals surface area contributed by atoms with Gasteiger partial charge in [-0.05, 0) is 43.3 Å². The number of hydrogen-bond donors (Lipinski definition) is 2. The van der Waals surface area contributed by atoms with Crippen LogP contribution in [-0.4, -0.2) is 45.2 Å². The number of benzene rings is 2. The highest BCUT2D eigenvalue weighted by atomic mass is 16.5. The summed E-state index contributed by atoms with van der Waals surface area (Å²) >= 11 is 0. The van der Waals surface area contributed by atoms with E-state index in [2.05, 4.69) is 10.6 Å². The third kappa shape index (κ3) is 5.47. The van der Waals surface area contributed by atoms with Crippen LogP contribution in [-0.2, 0) is 9.53 Å². The molecule has 0 bridgehead atoms. The minimum absolute atomic E-state index is 0.231. The predicted molar refractivity (Wildman–Crippen MR) is 103 cm³/mol. The molecule has 0 spiro atoms. The Morgan fingerprint density at radius 1 is 1.00 bits per heavy atom. The highest BCUT2D eigenvalue weighted by Crippen LogP contribution is 2.28. The van der Waals surface area contributed by atoms with Crippen LogP contribution in [0.5, 0.6) is 11.5 Å². The molecule has 2 aromatic carbocycles. The number of esters is 1. The molecule has 2 rings (SSSR count). The summed E-state index contributed by atoms with van der Waals surface area (Å²) in [6.07, 6.45) is 0. The number of anilines is 1. The lowest BCUT2D eigenvalue weighted by Gasteiger charge is -2.11. The minimum Gasteiger partial charge on any atom is -0.493 e. The van der Waals surface area contributed by atoms with Crippen molar-refractivity contribution in [3.63, 3.8) is 0 Å². The van der Waals surface area contributed by atoms with E-state index in [0.29, 0.717) is 29.4 Å². The van der Waals surface area contributed by atoms with Crippen LogP contribution >= 0.6 is 0 Å². The largest absolute Gasteiger partial charge is 0.493 e. The standard InChI is InChI=1S/C20H22N2O6/c1-4-27-16-9-8-14(11-17(16)26-3)20(25)28-12-18(23)22-15-7-5-6-13(10-15)19(24)21-2/h5-11H,4,12H2,1-3H3,(H,21,24)(H,22,23). The van der Waals surface area contributed by atoms with Gasteiger partial charge in [-0.2, -0.15) is 0 Å². The molecule has 0 unspecified atom stereocenters. The number of carbonyl (C=O) groups is 3. The molecule has 0 saturated carbocycles. The molecule has 2 N–H and O–H groups in total. The molecule has 2 amide bonds. The molecule has 0 fully saturated rings. The number of methoxy groups -OCH3 is 1. The first-order valence-electron chi connectivity index (χ1n) is 8.58. The van der Waals surface area contributed by atoms with E-state index >= 15 is 0 Å². The van der Waals surface area contributed by atoms with E-state index in [1.807, 2.05) is 6.92 Å². The monoisotopic (exact) mass is 386 g/mol. The van der Waals surface area contributed by atoms with Crippen LogP contribution in [0.1, 0.15) is 27.6 Å². The third-order valence-corrected chi connectivity index (χ3v) is 3.67. The second kappa shape index (κ2) is 9.96. The summed E-state index contributed by atoms with van der Waals surface area (Å²) in [7, 11) is 2.98. The molecule has 148 valence electrons. The lowest BCUT2D eigenvalue weighted by Crippen LogP contribution is -2.22. The van der Waals surface area contributed by atoms with Gasteiger partial charge in [-0.3, -0.25) is 9.59 Å². The molecule has 28 heavy (non-hydrogen) atoms. The summed E-state index contributed by atoms with van der Waals surface area (Å²) in [5, 5.41) is 5.08. The molecule has 0 aromatic heterocycles. The van der Waals surface area contributed by atoms with Crippen LogP contribution < -0.4 is 20.1 Å². The number of ether oxygens (including phenoxy) is 3. The number of carbonyl (C=O) groups excluding carboxylic acids is 3. The number of amides is 2. The zero-order chi connectivity index (χ0) is 20.5. The van der Waals surface area contributed by atoms with Crippen molar-refractivity contribution in [3.05, 3.63) is 53.6 Å². The average molecular weight is 386 g/mol. The summed E-state index contributed by atoms with van der Waals surface area (Å²) in [6, 6.07) is 11.0. The van der Waals surface area contributed by atoms with E-state index < -0.39 is 18.5 Å². The second-order valence-corrected chi connectivity index (χ2v) is 5.58. The van der Waals surface area contributed by atoms with Crippen LogP contribution in [0, 0.1) is 0 Å². The van der Waals surface area contributed by atoms with Gasteiger partial charge in [-0.25, -0.2) is 4.79 Å². The van der Waals surface area contributed by atoms with Gasteiger partial charge in [0.1, 0.15) is 0 Å². The smallest absolute Gasteiger partial charge is 0.338 e. The van der Waals surface area contributed by atoms with Gasteiger partial charge >= 0.3 is 5.97 Å². The van der Waals surface area contributed by atoms with Crippen molar-refractivity contribution < 1.29 is 28.6 Å². The fraction of sp³-hybridized carbons (Fsp3) is 0.250. The normalized spacial score (nSPS) is 9.96. The Kier molecular flexibility index (Phi) is 7.38. The summed E-state index contributed by atoms with van der Waals surface area (Å²) in [6.45, 7) is 1.82. The van der Waals surface area contributed by atoms with Crippen molar-refractivity contribution in [3.8, 4) is 11.5 Å². The van der Waals surface area contributed by atoms with Gasteiger partial charge in [-0.1, -0.05) is 6.07 Å². The Hall–Kier alpha value is -3.55. The van der Waals surface area contributed by atoms with Crippen molar-refractivity contribution in [2.75, 3.05) is 32.7 Å². The van der Waals surface area contributed by atoms with E-state index in [1.165, 1.54) is 32.4 Å². The summed E-state index contributed by atoms with van der Waals surface area (Å²) < 4.78 is 15.6. The van der Waals surface area contributed by atoms with Gasteiger partial charge in [0, 0.05) is 18.3 Å². The van der Waals surface area contributed by atoms with Crippen LogP contribution in [0.15, 0.2) is 42.5 Å². The molecular formula is C20H22N2O6. The maximum absolute atomic E-state index is 12.2. The molecule has 0 aliphatic carbocycles. The highest BCUT2D eigenvalue weighted by Gasteiger charge is 2.14. The molecule has 0 radical (unpaired) electrons. The maximum Gasteiger partial charge on any atom is 0.338 e. The van der Waals surface area contributed by atoms with Crippen LogP contribution in [0.2, 0.25) is 0 Å². The van der Waals surface area contributed by atoms with Crippen molar-refractivity contribution in [1.82, 2.24) is 5.32 Å². The summed E-state index contributed by atoms with van der Waals surface area (Å²) in [4.78, 5) is 35.8. The van der Waals surface area contributed by atoms with Gasteiger partial charge < -0.3 is 24.8 Å². The van der Waals surface area contributed by atoms with Crippen molar-refractivity contribution in [2.24, 2.45) is 0 Å². The molecular weight excluding hydrogens is 364 g/mol.